The third kappa shape index (κ3) is 3.01. The molecule has 0 radical (unpaired) electrons. The van der Waals surface area contributed by atoms with Gasteiger partial charge in [0.25, 0.3) is 0 Å². The van der Waals surface area contributed by atoms with Crippen LogP contribution in [0.1, 0.15) is 26.6 Å². The van der Waals surface area contributed by atoms with E-state index in [9.17, 15) is 4.79 Å². The first-order valence-corrected chi connectivity index (χ1v) is 6.94. The first-order valence-electron chi connectivity index (χ1n) is 5.26. The van der Waals surface area contributed by atoms with Crippen molar-refractivity contribution < 1.29 is 4.79 Å². The highest BCUT2D eigenvalue weighted by Crippen LogP contribution is 2.19. The summed E-state index contributed by atoms with van der Waals surface area (Å²) in [5.74, 6) is 0.111. The Labute approximate surface area is 113 Å². The van der Waals surface area contributed by atoms with E-state index in [-0.39, 0.29) is 5.78 Å². The van der Waals surface area contributed by atoms with Crippen molar-refractivity contribution in [2.75, 3.05) is 0 Å². The van der Waals surface area contributed by atoms with Gasteiger partial charge in [-0.15, -0.1) is 11.3 Å². The molecule has 2 aromatic rings. The third-order valence-corrected chi connectivity index (χ3v) is 4.29. The van der Waals surface area contributed by atoms with Gasteiger partial charge in [-0.25, -0.2) is 4.98 Å². The van der Waals surface area contributed by atoms with Crippen molar-refractivity contribution in [3.8, 4) is 0 Å². The summed E-state index contributed by atoms with van der Waals surface area (Å²) >= 11 is 4.97. The maximum Gasteiger partial charge on any atom is 0.169 e. The molecule has 0 atom stereocenters. The molecule has 0 saturated heterocycles. The van der Waals surface area contributed by atoms with Crippen LogP contribution in [0.3, 0.4) is 0 Å². The molecule has 0 bridgehead atoms. The molecule has 0 unspecified atom stereocenters. The van der Waals surface area contributed by atoms with E-state index in [1.54, 1.807) is 0 Å². The molecule has 0 spiro atoms. The fourth-order valence-corrected chi connectivity index (χ4v) is 2.64. The normalized spacial score (nSPS) is 10.5. The minimum absolute atomic E-state index is 0.111. The minimum Gasteiger partial charge on any atom is -0.294 e. The molecule has 1 heterocycles. The van der Waals surface area contributed by atoms with Crippen molar-refractivity contribution in [1.29, 1.82) is 0 Å². The molecule has 0 N–H and O–H groups in total. The molecule has 2 nitrogen and oxygen atoms in total. The zero-order chi connectivity index (χ0) is 12.4. The van der Waals surface area contributed by atoms with Crippen molar-refractivity contribution in [2.45, 2.75) is 20.3 Å². The largest absolute Gasteiger partial charge is 0.294 e. The smallest absolute Gasteiger partial charge is 0.169 e. The average Bonchev–Trinajstić information content (AvgIpc) is 2.68. The van der Waals surface area contributed by atoms with Gasteiger partial charge in [0, 0.05) is 21.1 Å². The number of thiazole rings is 1. The zero-order valence-electron chi connectivity index (χ0n) is 9.66. The molecule has 2 rings (SSSR count). The van der Waals surface area contributed by atoms with Crippen LogP contribution in [0, 0.1) is 13.8 Å². The minimum atomic E-state index is 0.111. The summed E-state index contributed by atoms with van der Waals surface area (Å²) in [5.41, 5.74) is 2.84. The van der Waals surface area contributed by atoms with Gasteiger partial charge in [-0.2, -0.15) is 0 Å². The Bertz CT molecular complexity index is 562. The number of aryl methyl sites for hydroxylation is 2. The highest BCUT2D eigenvalue weighted by molar-refractivity contribution is 9.10. The van der Waals surface area contributed by atoms with Gasteiger partial charge in [0.2, 0.25) is 0 Å². The number of hydrogen-bond acceptors (Lipinski definition) is 3. The number of benzene rings is 1. The van der Waals surface area contributed by atoms with Gasteiger partial charge in [-0.3, -0.25) is 4.79 Å². The SMILES string of the molecule is Cc1csc(CC(=O)c2ccc(C)c(Br)c2)n1. The summed E-state index contributed by atoms with van der Waals surface area (Å²) in [6.07, 6.45) is 0.383. The lowest BCUT2D eigenvalue weighted by molar-refractivity contribution is 0.0993. The standard InChI is InChI=1S/C13H12BrNOS/c1-8-3-4-10(5-11(8)14)12(16)6-13-15-9(2)7-17-13/h3-5,7H,6H2,1-2H3. The maximum absolute atomic E-state index is 12.0. The first kappa shape index (κ1) is 12.5. The number of hydrogen-bond donors (Lipinski definition) is 0. The van der Waals surface area contributed by atoms with Gasteiger partial charge in [-0.05, 0) is 25.5 Å². The Morgan fingerprint density at radius 2 is 2.18 bits per heavy atom. The Kier molecular flexibility index (Phi) is 3.74. The van der Waals surface area contributed by atoms with Crippen molar-refractivity contribution in [3.63, 3.8) is 0 Å². The predicted octanol–water partition coefficient (Wildman–Crippen LogP) is 3.95. The highest BCUT2D eigenvalue weighted by Gasteiger charge is 2.10. The molecule has 88 valence electrons. The molecular formula is C13H12BrNOS. The zero-order valence-corrected chi connectivity index (χ0v) is 12.1. The van der Waals surface area contributed by atoms with Gasteiger partial charge in [-0.1, -0.05) is 28.1 Å². The lowest BCUT2D eigenvalue weighted by Gasteiger charge is -2.02. The number of rotatable bonds is 3. The Morgan fingerprint density at radius 3 is 2.76 bits per heavy atom. The van der Waals surface area contributed by atoms with E-state index >= 15 is 0 Å². The Morgan fingerprint density at radius 1 is 1.41 bits per heavy atom. The van der Waals surface area contributed by atoms with Crippen LogP contribution in [0.15, 0.2) is 28.1 Å². The summed E-state index contributed by atoms with van der Waals surface area (Å²) in [6, 6.07) is 5.69. The Hall–Kier alpha value is -1.00. The highest BCUT2D eigenvalue weighted by atomic mass is 79.9. The van der Waals surface area contributed by atoms with Crippen LogP contribution in [0.5, 0.6) is 0 Å². The fraction of sp³-hybridized carbons (Fsp3) is 0.231. The van der Waals surface area contributed by atoms with Crippen molar-refractivity contribution in [3.05, 3.63) is 49.9 Å². The quantitative estimate of drug-likeness (QED) is 0.804. The monoisotopic (exact) mass is 309 g/mol. The van der Waals surface area contributed by atoms with Gasteiger partial charge in [0.15, 0.2) is 5.78 Å². The van der Waals surface area contributed by atoms with Crippen LogP contribution in [-0.2, 0) is 6.42 Å². The van der Waals surface area contributed by atoms with E-state index in [0.717, 1.165) is 26.3 Å². The van der Waals surface area contributed by atoms with E-state index in [1.165, 1.54) is 11.3 Å². The number of halogens is 1. The molecule has 0 aliphatic heterocycles. The lowest BCUT2D eigenvalue weighted by atomic mass is 10.1. The predicted molar refractivity (Wildman–Crippen MR) is 73.8 cm³/mol. The van der Waals surface area contributed by atoms with Crippen molar-refractivity contribution in [2.24, 2.45) is 0 Å². The summed E-state index contributed by atoms with van der Waals surface area (Å²) < 4.78 is 0.971. The van der Waals surface area contributed by atoms with Crippen LogP contribution < -0.4 is 0 Å². The van der Waals surface area contributed by atoms with E-state index in [0.29, 0.717) is 6.42 Å². The molecule has 0 aliphatic carbocycles. The fourth-order valence-electron chi connectivity index (χ4n) is 1.49. The summed E-state index contributed by atoms with van der Waals surface area (Å²) in [4.78, 5) is 16.3. The number of ketones is 1. The summed E-state index contributed by atoms with van der Waals surface area (Å²) in [5, 5.41) is 2.84. The second kappa shape index (κ2) is 5.10. The molecule has 1 aromatic heterocycles. The molecular weight excluding hydrogens is 298 g/mol. The third-order valence-electron chi connectivity index (χ3n) is 2.47. The van der Waals surface area contributed by atoms with Crippen LogP contribution >= 0.6 is 27.3 Å². The van der Waals surface area contributed by atoms with Crippen LogP contribution in [0.4, 0.5) is 0 Å². The second-order valence-electron chi connectivity index (χ2n) is 3.95. The number of Topliss-reactive ketones (excluding diaryl/α,β-unsaturated/α-hetero) is 1. The number of carbonyl (C=O) groups excluding carboxylic acids is 1. The summed E-state index contributed by atoms with van der Waals surface area (Å²) in [6.45, 7) is 3.94. The van der Waals surface area contributed by atoms with Crippen LogP contribution in [-0.4, -0.2) is 10.8 Å². The summed E-state index contributed by atoms with van der Waals surface area (Å²) in [7, 11) is 0. The second-order valence-corrected chi connectivity index (χ2v) is 5.74. The number of nitrogens with zero attached hydrogens (tertiary/aromatic N) is 1. The van der Waals surface area contributed by atoms with Crippen LogP contribution in [0.2, 0.25) is 0 Å². The molecule has 0 aliphatic rings. The van der Waals surface area contributed by atoms with Crippen molar-refractivity contribution >= 4 is 33.0 Å². The van der Waals surface area contributed by atoms with E-state index in [1.807, 2.05) is 37.4 Å². The molecule has 1 aromatic carbocycles. The molecule has 0 saturated carbocycles. The van der Waals surface area contributed by atoms with Crippen LogP contribution in [0.25, 0.3) is 0 Å². The molecule has 17 heavy (non-hydrogen) atoms. The molecule has 0 amide bonds. The average molecular weight is 310 g/mol. The van der Waals surface area contributed by atoms with Crippen molar-refractivity contribution in [1.82, 2.24) is 4.98 Å². The number of aromatic nitrogens is 1. The van der Waals surface area contributed by atoms with Gasteiger partial charge in [0.1, 0.15) is 5.01 Å². The van der Waals surface area contributed by atoms with Gasteiger partial charge in [0.05, 0.1) is 6.42 Å². The molecule has 0 fully saturated rings. The number of carbonyl (C=O) groups is 1. The molecule has 4 heteroatoms. The maximum atomic E-state index is 12.0. The first-order chi connectivity index (χ1) is 8.06. The van der Waals surface area contributed by atoms with E-state index < -0.39 is 0 Å². The van der Waals surface area contributed by atoms with Gasteiger partial charge < -0.3 is 0 Å². The van der Waals surface area contributed by atoms with Gasteiger partial charge >= 0.3 is 0 Å². The lowest BCUT2D eigenvalue weighted by Crippen LogP contribution is -2.03. The Balaban J connectivity index is 2.17. The van der Waals surface area contributed by atoms with E-state index in [2.05, 4.69) is 20.9 Å². The topological polar surface area (TPSA) is 30.0 Å². The van der Waals surface area contributed by atoms with E-state index in [4.69, 9.17) is 0 Å².